The normalized spacial score (nSPS) is 21.1. The number of non-ortho nitro benzene ring substituents is 1. The molecular formula is C13H15NO5. The van der Waals surface area contributed by atoms with Gasteiger partial charge in [0.15, 0.2) is 5.60 Å². The average Bonchev–Trinajstić information content (AvgIpc) is 2.39. The Bertz CT molecular complexity index is 524. The number of nitrogens with zero attached hydrogens (tertiary/aromatic N) is 1. The van der Waals surface area contributed by atoms with Crippen LogP contribution in [0.15, 0.2) is 24.3 Å². The van der Waals surface area contributed by atoms with Crippen LogP contribution in [0.4, 0.5) is 5.69 Å². The molecule has 1 aliphatic heterocycles. The molecule has 0 bridgehead atoms. The zero-order valence-corrected chi connectivity index (χ0v) is 11.0. The van der Waals surface area contributed by atoms with Crippen molar-refractivity contribution in [2.24, 2.45) is 0 Å². The highest BCUT2D eigenvalue weighted by Gasteiger charge is 2.37. The lowest BCUT2D eigenvalue weighted by atomic mass is 9.99. The summed E-state index contributed by atoms with van der Waals surface area (Å²) in [6, 6.07) is 4.46. The van der Waals surface area contributed by atoms with Gasteiger partial charge in [0.1, 0.15) is 5.75 Å². The van der Waals surface area contributed by atoms with Crippen LogP contribution in [0, 0.1) is 10.1 Å². The topological polar surface area (TPSA) is 70.8 Å². The molecule has 1 heterocycles. The second-order valence-corrected chi connectivity index (χ2v) is 4.40. The van der Waals surface area contributed by atoms with E-state index < -0.39 is 16.8 Å². The molecule has 6 nitrogen and oxygen atoms in total. The van der Waals surface area contributed by atoms with Crippen LogP contribution in [-0.4, -0.2) is 31.0 Å². The van der Waals surface area contributed by atoms with E-state index in [-0.39, 0.29) is 5.69 Å². The second kappa shape index (κ2) is 4.99. The minimum Gasteiger partial charge on any atom is -0.477 e. The zero-order chi connectivity index (χ0) is 14.0. The van der Waals surface area contributed by atoms with Crippen LogP contribution < -0.4 is 4.74 Å². The first-order chi connectivity index (χ1) is 9.00. The van der Waals surface area contributed by atoms with Gasteiger partial charge in [-0.3, -0.25) is 10.1 Å². The van der Waals surface area contributed by atoms with Gasteiger partial charge in [-0.15, -0.1) is 0 Å². The fraction of sp³-hybridized carbons (Fsp3) is 0.385. The van der Waals surface area contributed by atoms with E-state index in [9.17, 15) is 10.1 Å². The molecule has 1 aromatic carbocycles. The number of hydrogen-bond donors (Lipinski definition) is 0. The number of ether oxygens (including phenoxy) is 3. The zero-order valence-electron chi connectivity index (χ0n) is 11.0. The molecule has 0 spiro atoms. The molecule has 1 aliphatic rings. The molecule has 0 radical (unpaired) electrons. The number of nitro benzene ring substituents is 1. The van der Waals surface area contributed by atoms with Crippen molar-refractivity contribution in [1.29, 1.82) is 0 Å². The van der Waals surface area contributed by atoms with Gasteiger partial charge in [-0.2, -0.15) is 0 Å². The first-order valence-electron chi connectivity index (χ1n) is 5.72. The number of fused-ring (bicyclic) bond motifs is 1. The van der Waals surface area contributed by atoms with Crippen LogP contribution in [0.3, 0.4) is 0 Å². The molecule has 0 saturated heterocycles. The summed E-state index contributed by atoms with van der Waals surface area (Å²) < 4.78 is 16.3. The van der Waals surface area contributed by atoms with Crippen LogP contribution in [0.25, 0.3) is 6.08 Å². The maximum atomic E-state index is 10.7. The van der Waals surface area contributed by atoms with E-state index in [1.54, 1.807) is 18.2 Å². The summed E-state index contributed by atoms with van der Waals surface area (Å²) in [5.74, 6) is 0.565. The summed E-state index contributed by atoms with van der Waals surface area (Å²) in [5, 5.41) is 10.7. The summed E-state index contributed by atoms with van der Waals surface area (Å²) in [4.78, 5) is 10.3. The number of hydrogen-bond acceptors (Lipinski definition) is 5. The Morgan fingerprint density at radius 1 is 1.37 bits per heavy atom. The van der Waals surface area contributed by atoms with Gasteiger partial charge in [0, 0.05) is 31.9 Å². The third-order valence-corrected chi connectivity index (χ3v) is 3.02. The summed E-state index contributed by atoms with van der Waals surface area (Å²) in [7, 11) is 3.06. The maximum Gasteiger partial charge on any atom is 0.270 e. The monoisotopic (exact) mass is 265 g/mol. The fourth-order valence-corrected chi connectivity index (χ4v) is 2.09. The smallest absolute Gasteiger partial charge is 0.270 e. The first-order valence-corrected chi connectivity index (χ1v) is 5.72. The predicted molar refractivity (Wildman–Crippen MR) is 69.0 cm³/mol. The van der Waals surface area contributed by atoms with Gasteiger partial charge < -0.3 is 14.2 Å². The van der Waals surface area contributed by atoms with E-state index in [1.807, 2.05) is 6.92 Å². The SMILES string of the molecule is COC(OC)[C@]1(C)C=Cc2cc([N+](=O)[O-])ccc2O1. The number of methoxy groups -OCH3 is 2. The van der Waals surface area contributed by atoms with E-state index in [0.29, 0.717) is 11.3 Å². The van der Waals surface area contributed by atoms with E-state index in [1.165, 1.54) is 26.4 Å². The highest BCUT2D eigenvalue weighted by molar-refractivity contribution is 5.64. The van der Waals surface area contributed by atoms with Crippen molar-refractivity contribution in [2.75, 3.05) is 14.2 Å². The van der Waals surface area contributed by atoms with Crippen LogP contribution >= 0.6 is 0 Å². The number of benzene rings is 1. The lowest BCUT2D eigenvalue weighted by molar-refractivity contribution is -0.384. The van der Waals surface area contributed by atoms with Crippen molar-refractivity contribution < 1.29 is 19.1 Å². The molecule has 2 rings (SSSR count). The van der Waals surface area contributed by atoms with Gasteiger partial charge in [-0.05, 0) is 19.1 Å². The van der Waals surface area contributed by atoms with Crippen molar-refractivity contribution >= 4 is 11.8 Å². The van der Waals surface area contributed by atoms with E-state index >= 15 is 0 Å². The number of rotatable bonds is 4. The summed E-state index contributed by atoms with van der Waals surface area (Å²) in [6.45, 7) is 1.82. The van der Waals surface area contributed by atoms with Gasteiger partial charge in [0.25, 0.3) is 5.69 Å². The molecule has 0 N–H and O–H groups in total. The van der Waals surface area contributed by atoms with E-state index in [0.717, 1.165) is 0 Å². The molecular weight excluding hydrogens is 250 g/mol. The van der Waals surface area contributed by atoms with Crippen molar-refractivity contribution in [3.05, 3.63) is 40.0 Å². The maximum absolute atomic E-state index is 10.7. The van der Waals surface area contributed by atoms with Gasteiger partial charge in [-0.1, -0.05) is 6.08 Å². The minimum atomic E-state index is -0.771. The van der Waals surface area contributed by atoms with Crippen LogP contribution in [-0.2, 0) is 9.47 Å². The molecule has 19 heavy (non-hydrogen) atoms. The Morgan fingerprint density at radius 3 is 2.63 bits per heavy atom. The first kappa shape index (κ1) is 13.5. The quantitative estimate of drug-likeness (QED) is 0.475. The van der Waals surface area contributed by atoms with Gasteiger partial charge >= 0.3 is 0 Å². The van der Waals surface area contributed by atoms with Crippen molar-refractivity contribution in [3.63, 3.8) is 0 Å². The van der Waals surface area contributed by atoms with E-state index in [2.05, 4.69) is 0 Å². The molecule has 0 fully saturated rings. The van der Waals surface area contributed by atoms with Crippen LogP contribution in [0.1, 0.15) is 12.5 Å². The lowest BCUT2D eigenvalue weighted by Gasteiger charge is -2.36. The predicted octanol–water partition coefficient (Wildman–Crippen LogP) is 2.38. The highest BCUT2D eigenvalue weighted by Crippen LogP contribution is 2.35. The molecule has 1 aromatic rings. The Kier molecular flexibility index (Phi) is 3.55. The average molecular weight is 265 g/mol. The summed E-state index contributed by atoms with van der Waals surface area (Å²) in [5.41, 5.74) is -0.0737. The van der Waals surface area contributed by atoms with Crippen molar-refractivity contribution in [1.82, 2.24) is 0 Å². The van der Waals surface area contributed by atoms with Crippen molar-refractivity contribution in [2.45, 2.75) is 18.8 Å². The standard InChI is InChI=1S/C13H15NO5/c1-13(12(17-2)18-3)7-6-9-8-10(14(15)16)4-5-11(9)19-13/h4-8,12H,1-3H3/t13-/m0/s1. The van der Waals surface area contributed by atoms with Crippen LogP contribution in [0.2, 0.25) is 0 Å². The minimum absolute atomic E-state index is 0.0330. The third kappa shape index (κ3) is 2.45. The molecule has 6 heteroatoms. The van der Waals surface area contributed by atoms with Gasteiger partial charge in [0.2, 0.25) is 6.29 Å². The molecule has 1 atom stereocenters. The summed E-state index contributed by atoms with van der Waals surface area (Å²) >= 11 is 0. The van der Waals surface area contributed by atoms with Gasteiger partial charge in [-0.25, -0.2) is 0 Å². The Hall–Kier alpha value is -1.92. The molecule has 102 valence electrons. The van der Waals surface area contributed by atoms with Crippen LogP contribution in [0.5, 0.6) is 5.75 Å². The molecule has 0 unspecified atom stereocenters. The number of nitro groups is 1. The third-order valence-electron chi connectivity index (χ3n) is 3.02. The lowest BCUT2D eigenvalue weighted by Crippen LogP contribution is -2.46. The Morgan fingerprint density at radius 2 is 2.05 bits per heavy atom. The largest absolute Gasteiger partial charge is 0.477 e. The Balaban J connectivity index is 2.34. The van der Waals surface area contributed by atoms with Gasteiger partial charge in [0.05, 0.1) is 4.92 Å². The second-order valence-electron chi connectivity index (χ2n) is 4.40. The molecule has 0 aliphatic carbocycles. The molecule has 0 amide bonds. The fourth-order valence-electron chi connectivity index (χ4n) is 2.09. The molecule has 0 saturated carbocycles. The van der Waals surface area contributed by atoms with Crippen molar-refractivity contribution in [3.8, 4) is 5.75 Å². The van der Waals surface area contributed by atoms with E-state index in [4.69, 9.17) is 14.2 Å². The Labute approximate surface area is 110 Å². The molecule has 0 aromatic heterocycles. The summed E-state index contributed by atoms with van der Waals surface area (Å²) in [6.07, 6.45) is 2.99. The highest BCUT2D eigenvalue weighted by atomic mass is 16.7.